The summed E-state index contributed by atoms with van der Waals surface area (Å²) in [5.41, 5.74) is 1.36. The normalized spacial score (nSPS) is 26.4. The molecule has 3 rings (SSSR count). The molecule has 4 heteroatoms. The second-order valence-electron chi connectivity index (χ2n) is 5.05. The minimum Gasteiger partial charge on any atom is -0.391 e. The van der Waals surface area contributed by atoms with Gasteiger partial charge in [0, 0.05) is 29.2 Å². The van der Waals surface area contributed by atoms with Gasteiger partial charge in [-0.2, -0.15) is 0 Å². The van der Waals surface area contributed by atoms with Crippen LogP contribution in [0.2, 0.25) is 0 Å². The minimum absolute atomic E-state index is 0.169. The van der Waals surface area contributed by atoms with Crippen LogP contribution >= 0.6 is 15.9 Å². The van der Waals surface area contributed by atoms with Gasteiger partial charge in [-0.25, -0.2) is 4.98 Å². The number of β-amino-alcohol motifs (C(OH)–C–C–N with tert-alkyl or cyclic N) is 1. The first-order valence-electron chi connectivity index (χ1n) is 5.66. The predicted molar refractivity (Wildman–Crippen MR) is 66.6 cm³/mol. The second kappa shape index (κ2) is 3.44. The van der Waals surface area contributed by atoms with Crippen LogP contribution in [0.15, 0.2) is 16.7 Å². The van der Waals surface area contributed by atoms with E-state index in [9.17, 15) is 5.11 Å². The fraction of sp³-hybridized carbons (Fsp3) is 0.583. The van der Waals surface area contributed by atoms with Crippen molar-refractivity contribution in [3.05, 3.63) is 22.3 Å². The summed E-state index contributed by atoms with van der Waals surface area (Å²) in [6.45, 7) is 3.76. The van der Waals surface area contributed by atoms with Gasteiger partial charge in [0.05, 0.1) is 6.10 Å². The molecular formula is C12H15BrN2O. The Balaban J connectivity index is 1.88. The van der Waals surface area contributed by atoms with Gasteiger partial charge < -0.3 is 10.0 Å². The van der Waals surface area contributed by atoms with Gasteiger partial charge in [0.1, 0.15) is 5.82 Å². The summed E-state index contributed by atoms with van der Waals surface area (Å²) in [7, 11) is 0. The highest BCUT2D eigenvalue weighted by Crippen LogP contribution is 2.53. The first-order chi connectivity index (χ1) is 7.61. The molecule has 2 fully saturated rings. The summed E-state index contributed by atoms with van der Waals surface area (Å²) in [6.07, 6.45) is 3.99. The van der Waals surface area contributed by atoms with Gasteiger partial charge in [-0.15, -0.1) is 0 Å². The Hall–Kier alpha value is -0.610. The summed E-state index contributed by atoms with van der Waals surface area (Å²) in [5, 5.41) is 10.0. The van der Waals surface area contributed by atoms with E-state index in [-0.39, 0.29) is 11.5 Å². The Bertz CT molecular complexity index is 431. The van der Waals surface area contributed by atoms with Gasteiger partial charge in [0.25, 0.3) is 0 Å². The van der Waals surface area contributed by atoms with Crippen LogP contribution in [-0.2, 0) is 0 Å². The van der Waals surface area contributed by atoms with Crippen molar-refractivity contribution in [2.75, 3.05) is 18.0 Å². The van der Waals surface area contributed by atoms with E-state index < -0.39 is 0 Å². The van der Waals surface area contributed by atoms with Crippen molar-refractivity contribution >= 4 is 21.7 Å². The average Bonchev–Trinajstić information content (AvgIpc) is 2.90. The summed E-state index contributed by atoms with van der Waals surface area (Å²) in [5.74, 6) is 1.02. The minimum atomic E-state index is -0.169. The lowest BCUT2D eigenvalue weighted by molar-refractivity contribution is 0.136. The number of aliphatic hydroxyl groups excluding tert-OH is 1. The number of hydrogen-bond donors (Lipinski definition) is 1. The molecule has 1 spiro atoms. The summed E-state index contributed by atoms with van der Waals surface area (Å²) >= 11 is 3.42. The van der Waals surface area contributed by atoms with Gasteiger partial charge in [-0.3, -0.25) is 0 Å². The summed E-state index contributed by atoms with van der Waals surface area (Å²) in [4.78, 5) is 6.68. The Morgan fingerprint density at radius 3 is 2.88 bits per heavy atom. The van der Waals surface area contributed by atoms with Crippen LogP contribution in [0.1, 0.15) is 18.4 Å². The zero-order valence-corrected chi connectivity index (χ0v) is 10.9. The standard InChI is InChI=1S/C12H15BrN2O/c1-8-4-9(13)5-14-11(8)15-6-10(16)12(7-15)2-3-12/h4-5,10,16H,2-3,6-7H2,1H3. The summed E-state index contributed by atoms with van der Waals surface area (Å²) in [6, 6.07) is 2.08. The van der Waals surface area contributed by atoms with E-state index in [0.29, 0.717) is 0 Å². The van der Waals surface area contributed by atoms with Crippen LogP contribution in [0.5, 0.6) is 0 Å². The Morgan fingerprint density at radius 2 is 2.31 bits per heavy atom. The van der Waals surface area contributed by atoms with Crippen LogP contribution in [0.4, 0.5) is 5.82 Å². The van der Waals surface area contributed by atoms with Crippen LogP contribution in [0.3, 0.4) is 0 Å². The first kappa shape index (κ1) is 10.5. The highest BCUT2D eigenvalue weighted by Gasteiger charge is 2.54. The molecule has 1 N–H and O–H groups in total. The van der Waals surface area contributed by atoms with Crippen molar-refractivity contribution in [1.82, 2.24) is 4.98 Å². The van der Waals surface area contributed by atoms with Gasteiger partial charge in [0.15, 0.2) is 0 Å². The molecule has 1 aromatic rings. The lowest BCUT2D eigenvalue weighted by atomic mass is 10.0. The number of anilines is 1. The number of hydrogen-bond acceptors (Lipinski definition) is 3. The number of aromatic nitrogens is 1. The topological polar surface area (TPSA) is 36.4 Å². The summed E-state index contributed by atoms with van der Waals surface area (Å²) < 4.78 is 1.01. The van der Waals surface area contributed by atoms with E-state index in [0.717, 1.165) is 23.4 Å². The number of aryl methyl sites for hydroxylation is 1. The van der Waals surface area contributed by atoms with E-state index in [1.165, 1.54) is 18.4 Å². The fourth-order valence-corrected chi connectivity index (χ4v) is 3.08. The highest BCUT2D eigenvalue weighted by atomic mass is 79.9. The zero-order chi connectivity index (χ0) is 11.3. The molecule has 2 aliphatic rings. The molecule has 1 aliphatic heterocycles. The molecule has 1 saturated heterocycles. The van der Waals surface area contributed by atoms with Gasteiger partial charge >= 0.3 is 0 Å². The zero-order valence-electron chi connectivity index (χ0n) is 9.28. The third-order valence-corrected chi connectivity index (χ3v) is 4.25. The molecule has 0 radical (unpaired) electrons. The van der Waals surface area contributed by atoms with Crippen molar-refractivity contribution in [3.8, 4) is 0 Å². The second-order valence-corrected chi connectivity index (χ2v) is 5.97. The fourth-order valence-electron chi connectivity index (χ4n) is 2.63. The van der Waals surface area contributed by atoms with E-state index in [2.05, 4.69) is 38.8 Å². The SMILES string of the molecule is Cc1cc(Br)cnc1N1CC(O)C2(CC2)C1. The lowest BCUT2D eigenvalue weighted by Gasteiger charge is -2.19. The lowest BCUT2D eigenvalue weighted by Crippen LogP contribution is -2.23. The molecule has 2 heterocycles. The van der Waals surface area contributed by atoms with Gasteiger partial charge in [-0.05, 0) is 47.3 Å². The molecule has 1 unspecified atom stereocenters. The number of halogens is 1. The highest BCUT2D eigenvalue weighted by molar-refractivity contribution is 9.10. The Kier molecular flexibility index (Phi) is 2.27. The molecule has 0 bridgehead atoms. The predicted octanol–water partition coefficient (Wildman–Crippen LogP) is 2.11. The van der Waals surface area contributed by atoms with Crippen molar-refractivity contribution in [2.24, 2.45) is 5.41 Å². The van der Waals surface area contributed by atoms with Crippen LogP contribution in [-0.4, -0.2) is 29.3 Å². The molecule has 0 aromatic carbocycles. The Morgan fingerprint density at radius 1 is 1.56 bits per heavy atom. The number of pyridine rings is 1. The van der Waals surface area contributed by atoms with E-state index in [4.69, 9.17) is 0 Å². The van der Waals surface area contributed by atoms with Crippen molar-refractivity contribution in [2.45, 2.75) is 25.9 Å². The van der Waals surface area contributed by atoms with E-state index in [1.807, 2.05) is 6.20 Å². The third-order valence-electron chi connectivity index (χ3n) is 3.81. The third kappa shape index (κ3) is 1.55. The number of nitrogens with zero attached hydrogens (tertiary/aromatic N) is 2. The molecule has 1 saturated carbocycles. The number of aliphatic hydroxyl groups is 1. The maximum absolute atomic E-state index is 10.0. The maximum Gasteiger partial charge on any atom is 0.131 e. The van der Waals surface area contributed by atoms with Crippen molar-refractivity contribution in [1.29, 1.82) is 0 Å². The monoisotopic (exact) mass is 282 g/mol. The molecule has 16 heavy (non-hydrogen) atoms. The smallest absolute Gasteiger partial charge is 0.131 e. The number of rotatable bonds is 1. The molecule has 0 amide bonds. The van der Waals surface area contributed by atoms with Gasteiger partial charge in [-0.1, -0.05) is 0 Å². The molecule has 1 aromatic heterocycles. The van der Waals surface area contributed by atoms with Crippen LogP contribution < -0.4 is 4.90 Å². The molecule has 3 nitrogen and oxygen atoms in total. The molecule has 86 valence electrons. The average molecular weight is 283 g/mol. The Labute approximate surface area is 104 Å². The quantitative estimate of drug-likeness (QED) is 0.857. The van der Waals surface area contributed by atoms with E-state index in [1.54, 1.807) is 0 Å². The van der Waals surface area contributed by atoms with Crippen LogP contribution in [0.25, 0.3) is 0 Å². The molecular weight excluding hydrogens is 268 g/mol. The van der Waals surface area contributed by atoms with Crippen molar-refractivity contribution in [3.63, 3.8) is 0 Å². The van der Waals surface area contributed by atoms with Crippen molar-refractivity contribution < 1.29 is 5.11 Å². The largest absolute Gasteiger partial charge is 0.391 e. The molecule has 1 atom stereocenters. The van der Waals surface area contributed by atoms with Gasteiger partial charge in [0.2, 0.25) is 0 Å². The maximum atomic E-state index is 10.0. The first-order valence-corrected chi connectivity index (χ1v) is 6.45. The van der Waals surface area contributed by atoms with E-state index >= 15 is 0 Å². The molecule has 1 aliphatic carbocycles. The van der Waals surface area contributed by atoms with Crippen LogP contribution in [0, 0.1) is 12.3 Å².